The third kappa shape index (κ3) is 8.18. The summed E-state index contributed by atoms with van der Waals surface area (Å²) in [7, 11) is 0. The van der Waals surface area contributed by atoms with E-state index in [0.717, 1.165) is 63.7 Å². The molecular formula is C49H54N10O6. The van der Waals surface area contributed by atoms with Crippen molar-refractivity contribution in [3.05, 3.63) is 110 Å². The molecule has 1 saturated carbocycles. The molecule has 336 valence electrons. The average molecular weight is 879 g/mol. The molecular weight excluding hydrogens is 825 g/mol. The van der Waals surface area contributed by atoms with Crippen LogP contribution in [-0.4, -0.2) is 95.1 Å². The van der Waals surface area contributed by atoms with E-state index in [9.17, 15) is 29.1 Å². The number of aliphatic hydroxyl groups is 1. The van der Waals surface area contributed by atoms with Gasteiger partial charge in [0.15, 0.2) is 5.78 Å². The molecule has 4 aliphatic heterocycles. The van der Waals surface area contributed by atoms with Gasteiger partial charge in [0.05, 0.1) is 16.8 Å². The van der Waals surface area contributed by atoms with E-state index >= 15 is 0 Å². The molecule has 8 heterocycles. The van der Waals surface area contributed by atoms with Crippen LogP contribution in [0.25, 0.3) is 11.0 Å². The number of hydrogen-bond donors (Lipinski definition) is 3. The molecule has 0 bridgehead atoms. The first kappa shape index (κ1) is 42.6. The van der Waals surface area contributed by atoms with E-state index in [1.54, 1.807) is 17.7 Å². The zero-order valence-corrected chi connectivity index (χ0v) is 36.9. The second-order valence-electron chi connectivity index (χ2n) is 18.6. The molecule has 0 spiro atoms. The van der Waals surface area contributed by atoms with E-state index < -0.39 is 17.6 Å². The van der Waals surface area contributed by atoms with Gasteiger partial charge >= 0.3 is 0 Å². The van der Waals surface area contributed by atoms with E-state index in [4.69, 9.17) is 9.97 Å². The van der Waals surface area contributed by atoms with Crippen molar-refractivity contribution >= 4 is 52.0 Å². The Morgan fingerprint density at radius 2 is 1.65 bits per heavy atom. The van der Waals surface area contributed by atoms with Gasteiger partial charge in [0.1, 0.15) is 23.1 Å². The summed E-state index contributed by atoms with van der Waals surface area (Å²) >= 11 is 0. The number of Topliss-reactive ketones (excluding diaryl/α,β-unsaturated/α-hetero) is 1. The van der Waals surface area contributed by atoms with Gasteiger partial charge in [-0.1, -0.05) is 31.0 Å². The van der Waals surface area contributed by atoms with Gasteiger partial charge < -0.3 is 20.2 Å². The summed E-state index contributed by atoms with van der Waals surface area (Å²) in [6.45, 7) is 7.53. The summed E-state index contributed by atoms with van der Waals surface area (Å²) in [5.74, 6) is 0.0855. The van der Waals surface area contributed by atoms with Gasteiger partial charge in [-0.2, -0.15) is 4.98 Å². The molecule has 5 aliphatic rings. The third-order valence-electron chi connectivity index (χ3n) is 14.5. The second kappa shape index (κ2) is 17.2. The van der Waals surface area contributed by atoms with Crippen molar-refractivity contribution in [1.82, 2.24) is 39.6 Å². The number of nitrogens with one attached hydrogen (secondary N) is 2. The first-order chi connectivity index (χ1) is 31.4. The standard InChI is InChI=1S/C49H54N10O6/c1-29-37-25-52-48(55-44(37)59(36-5-3-4-6-36)47(64)43(29)30(2)60)53-41-13-9-33(24-51-41)32-15-19-57(20-16-32)35-10-7-31(8-11-35)27-56-21-17-49(65,18-22-56)40-23-34-28-58(46(63)38(34)26-50-40)39-12-14-42(61)54-45(39)62/h7-11,13,23-26,32,36,39,65H,3-6,12,14-22,27-28H2,1-2H3,(H,54,61,62)(H,51,52,53,55). The minimum Gasteiger partial charge on any atom is -0.383 e. The Hall–Kier alpha value is -6.39. The lowest BCUT2D eigenvalue weighted by Crippen LogP contribution is -2.52. The van der Waals surface area contributed by atoms with E-state index in [0.29, 0.717) is 77.9 Å². The number of hydrogen-bond acceptors (Lipinski definition) is 13. The first-order valence-corrected chi connectivity index (χ1v) is 23.0. The van der Waals surface area contributed by atoms with Crippen LogP contribution in [0.4, 0.5) is 17.5 Å². The number of benzene rings is 1. The zero-order chi connectivity index (χ0) is 45.0. The lowest BCUT2D eigenvalue weighted by Gasteiger charge is -2.38. The molecule has 1 atom stereocenters. The highest BCUT2D eigenvalue weighted by molar-refractivity contribution is 6.05. The Morgan fingerprint density at radius 1 is 0.892 bits per heavy atom. The normalized spacial score (nSPS) is 20.7. The monoisotopic (exact) mass is 878 g/mol. The molecule has 5 aromatic rings. The maximum atomic E-state index is 13.6. The number of amides is 3. The highest BCUT2D eigenvalue weighted by Gasteiger charge is 2.41. The maximum absolute atomic E-state index is 13.6. The number of carbonyl (C=O) groups is 4. The van der Waals surface area contributed by atoms with Crippen LogP contribution < -0.4 is 21.1 Å². The van der Waals surface area contributed by atoms with E-state index in [1.165, 1.54) is 34.8 Å². The average Bonchev–Trinajstić information content (AvgIpc) is 3.95. The summed E-state index contributed by atoms with van der Waals surface area (Å²) < 4.78 is 1.72. The third-order valence-corrected chi connectivity index (χ3v) is 14.5. The largest absolute Gasteiger partial charge is 0.383 e. The van der Waals surface area contributed by atoms with Crippen LogP contribution in [0.15, 0.2) is 65.8 Å². The summed E-state index contributed by atoms with van der Waals surface area (Å²) in [6, 6.07) is 14.0. The van der Waals surface area contributed by atoms with Crippen LogP contribution in [0.1, 0.15) is 132 Å². The number of likely N-dealkylation sites (tertiary alicyclic amines) is 1. The van der Waals surface area contributed by atoms with Crippen LogP contribution in [0, 0.1) is 6.92 Å². The number of aromatic nitrogens is 5. The fourth-order valence-electron chi connectivity index (χ4n) is 10.7. The molecule has 4 aromatic heterocycles. The number of rotatable bonds is 10. The number of aryl methyl sites for hydroxylation is 1. The van der Waals surface area contributed by atoms with E-state index in [-0.39, 0.29) is 47.7 Å². The lowest BCUT2D eigenvalue weighted by molar-refractivity contribution is -0.136. The lowest BCUT2D eigenvalue weighted by atomic mass is 9.86. The number of piperidine rings is 3. The highest BCUT2D eigenvalue weighted by Crippen LogP contribution is 2.37. The molecule has 3 N–H and O–H groups in total. The molecule has 4 fully saturated rings. The van der Waals surface area contributed by atoms with Gasteiger partial charge in [-0.3, -0.25) is 43.7 Å². The predicted molar refractivity (Wildman–Crippen MR) is 243 cm³/mol. The number of fused-ring (bicyclic) bond motifs is 2. The van der Waals surface area contributed by atoms with Crippen LogP contribution in [0.5, 0.6) is 0 Å². The van der Waals surface area contributed by atoms with Gasteiger partial charge in [0.2, 0.25) is 17.8 Å². The fourth-order valence-corrected chi connectivity index (χ4v) is 10.7. The molecule has 1 unspecified atom stereocenters. The van der Waals surface area contributed by atoms with Crippen LogP contribution in [0.3, 0.4) is 0 Å². The molecule has 3 saturated heterocycles. The van der Waals surface area contributed by atoms with Gasteiger partial charge in [-0.25, -0.2) is 9.97 Å². The highest BCUT2D eigenvalue weighted by atomic mass is 16.3. The van der Waals surface area contributed by atoms with Crippen molar-refractivity contribution in [3.63, 3.8) is 0 Å². The Labute approximate surface area is 376 Å². The number of imide groups is 1. The Balaban J connectivity index is 0.712. The number of anilines is 3. The molecule has 1 aliphatic carbocycles. The van der Waals surface area contributed by atoms with Crippen molar-refractivity contribution in [3.8, 4) is 0 Å². The topological polar surface area (TPSA) is 196 Å². The van der Waals surface area contributed by atoms with E-state index in [2.05, 4.69) is 60.7 Å². The Morgan fingerprint density at radius 3 is 2.34 bits per heavy atom. The quantitative estimate of drug-likeness (QED) is 0.116. The second-order valence-corrected chi connectivity index (χ2v) is 18.6. The maximum Gasteiger partial charge on any atom is 0.263 e. The first-order valence-electron chi connectivity index (χ1n) is 23.0. The van der Waals surface area contributed by atoms with Crippen molar-refractivity contribution in [2.24, 2.45) is 0 Å². The van der Waals surface area contributed by atoms with Crippen LogP contribution >= 0.6 is 0 Å². The van der Waals surface area contributed by atoms with E-state index in [1.807, 2.05) is 18.3 Å². The molecule has 0 radical (unpaired) electrons. The fraction of sp³-hybridized carbons (Fsp3) is 0.449. The summed E-state index contributed by atoms with van der Waals surface area (Å²) in [5, 5.41) is 18.0. The molecule has 1 aromatic carbocycles. The van der Waals surface area contributed by atoms with Gasteiger partial charge in [0, 0.05) is 81.4 Å². The Kier molecular flexibility index (Phi) is 11.3. The number of pyridine rings is 3. The van der Waals surface area contributed by atoms with Gasteiger partial charge in [0.25, 0.3) is 11.5 Å². The van der Waals surface area contributed by atoms with Crippen LogP contribution in [0.2, 0.25) is 0 Å². The van der Waals surface area contributed by atoms with Crippen molar-refractivity contribution in [2.45, 2.75) is 115 Å². The zero-order valence-electron chi connectivity index (χ0n) is 36.9. The summed E-state index contributed by atoms with van der Waals surface area (Å²) in [5.41, 5.74) is 5.35. The number of ketones is 1. The molecule has 65 heavy (non-hydrogen) atoms. The number of carbonyl (C=O) groups excluding carboxylic acids is 4. The minimum absolute atomic E-state index is 0.00995. The molecule has 16 heteroatoms. The van der Waals surface area contributed by atoms with Gasteiger partial charge in [-0.15, -0.1) is 0 Å². The van der Waals surface area contributed by atoms with Crippen LogP contribution in [-0.2, 0) is 28.3 Å². The summed E-state index contributed by atoms with van der Waals surface area (Å²) in [4.78, 5) is 88.3. The molecule has 16 nitrogen and oxygen atoms in total. The van der Waals surface area contributed by atoms with Crippen molar-refractivity contribution in [1.29, 1.82) is 0 Å². The minimum atomic E-state index is -1.11. The predicted octanol–water partition coefficient (Wildman–Crippen LogP) is 5.58. The van der Waals surface area contributed by atoms with Gasteiger partial charge in [-0.05, 0) is 111 Å². The van der Waals surface area contributed by atoms with Crippen molar-refractivity contribution in [2.75, 3.05) is 36.4 Å². The molecule has 10 rings (SSSR count). The molecule has 3 amide bonds. The smallest absolute Gasteiger partial charge is 0.263 e. The number of nitrogens with zero attached hydrogens (tertiary/aromatic N) is 8. The van der Waals surface area contributed by atoms with Crippen molar-refractivity contribution < 1.29 is 24.3 Å². The Bertz CT molecular complexity index is 2750. The summed E-state index contributed by atoms with van der Waals surface area (Å²) in [6.07, 6.45) is 12.5. The SMILES string of the molecule is CC(=O)c1c(C)c2cnc(Nc3ccc(C4CCN(c5ccc(CN6CCC(O)(c7cc8c(cn7)C(=O)N(C7CCC(=O)NC7=O)C8)CC6)cc5)CC4)cn3)nc2n(C2CCCC2)c1=O.